The fourth-order valence-electron chi connectivity index (χ4n) is 4.76. The average molecular weight is 377 g/mol. The van der Waals surface area contributed by atoms with Crippen LogP contribution in [0.5, 0.6) is 0 Å². The molecule has 0 amide bonds. The van der Waals surface area contributed by atoms with Crippen LogP contribution in [0.2, 0.25) is 0 Å². The zero-order valence-electron chi connectivity index (χ0n) is 16.2. The molecule has 0 aromatic heterocycles. The molecule has 1 heterocycles. The highest BCUT2D eigenvalue weighted by Gasteiger charge is 2.46. The SMILES string of the molecule is O=C(O)c1ccc2c(c1)CCN(CC1(CN[C@H]3CC3c3ccccc3)CC1)C2. The van der Waals surface area contributed by atoms with Gasteiger partial charge in [0.15, 0.2) is 0 Å². The quantitative estimate of drug-likeness (QED) is 0.774. The van der Waals surface area contributed by atoms with Gasteiger partial charge in [0, 0.05) is 38.1 Å². The summed E-state index contributed by atoms with van der Waals surface area (Å²) >= 11 is 0. The second kappa shape index (κ2) is 7.02. The first-order valence-electron chi connectivity index (χ1n) is 10.5. The van der Waals surface area contributed by atoms with Crippen molar-refractivity contribution in [1.29, 1.82) is 0 Å². The maximum atomic E-state index is 11.2. The summed E-state index contributed by atoms with van der Waals surface area (Å²) in [5.41, 5.74) is 4.84. The Bertz CT molecular complexity index is 875. The van der Waals surface area contributed by atoms with Gasteiger partial charge in [-0.15, -0.1) is 0 Å². The van der Waals surface area contributed by atoms with Crippen molar-refractivity contribution in [2.45, 2.75) is 44.2 Å². The highest BCUT2D eigenvalue weighted by atomic mass is 16.4. The smallest absolute Gasteiger partial charge is 0.335 e. The zero-order valence-corrected chi connectivity index (χ0v) is 16.2. The molecule has 3 aliphatic rings. The van der Waals surface area contributed by atoms with Gasteiger partial charge < -0.3 is 10.4 Å². The molecule has 0 saturated heterocycles. The molecular weight excluding hydrogens is 348 g/mol. The summed E-state index contributed by atoms with van der Waals surface area (Å²) < 4.78 is 0. The lowest BCUT2D eigenvalue weighted by atomic mass is 9.96. The summed E-state index contributed by atoms with van der Waals surface area (Å²) in [5, 5.41) is 13.0. The number of hydrogen-bond donors (Lipinski definition) is 2. The number of nitrogens with one attached hydrogen (secondary N) is 1. The largest absolute Gasteiger partial charge is 0.478 e. The van der Waals surface area contributed by atoms with Gasteiger partial charge in [-0.05, 0) is 59.9 Å². The average Bonchev–Trinajstić information content (AvgIpc) is 3.63. The van der Waals surface area contributed by atoms with Crippen molar-refractivity contribution in [2.75, 3.05) is 19.6 Å². The molecule has 2 aromatic carbocycles. The molecule has 0 spiro atoms. The Balaban J connectivity index is 1.14. The number of nitrogens with zero attached hydrogens (tertiary/aromatic N) is 1. The van der Waals surface area contributed by atoms with E-state index in [1.807, 2.05) is 12.1 Å². The highest BCUT2D eigenvalue weighted by molar-refractivity contribution is 5.87. The highest BCUT2D eigenvalue weighted by Crippen LogP contribution is 2.48. The van der Waals surface area contributed by atoms with E-state index in [9.17, 15) is 9.90 Å². The maximum absolute atomic E-state index is 11.2. The minimum Gasteiger partial charge on any atom is -0.478 e. The van der Waals surface area contributed by atoms with Crippen LogP contribution in [-0.2, 0) is 13.0 Å². The van der Waals surface area contributed by atoms with Crippen LogP contribution in [0.25, 0.3) is 0 Å². The van der Waals surface area contributed by atoms with E-state index >= 15 is 0 Å². The molecule has 28 heavy (non-hydrogen) atoms. The van der Waals surface area contributed by atoms with Gasteiger partial charge in [0.25, 0.3) is 0 Å². The van der Waals surface area contributed by atoms with Gasteiger partial charge in [0.05, 0.1) is 5.56 Å². The summed E-state index contributed by atoms with van der Waals surface area (Å²) in [7, 11) is 0. The predicted molar refractivity (Wildman–Crippen MR) is 110 cm³/mol. The Labute approximate surface area is 166 Å². The van der Waals surface area contributed by atoms with Gasteiger partial charge in [-0.2, -0.15) is 0 Å². The number of rotatable bonds is 7. The van der Waals surface area contributed by atoms with Crippen molar-refractivity contribution < 1.29 is 9.90 Å². The Morgan fingerprint density at radius 2 is 1.96 bits per heavy atom. The minimum atomic E-state index is -0.831. The molecule has 0 radical (unpaired) electrons. The Morgan fingerprint density at radius 1 is 1.14 bits per heavy atom. The van der Waals surface area contributed by atoms with Crippen LogP contribution >= 0.6 is 0 Å². The molecule has 2 aliphatic carbocycles. The predicted octanol–water partition coefficient (Wildman–Crippen LogP) is 3.67. The van der Waals surface area contributed by atoms with Gasteiger partial charge in [0.2, 0.25) is 0 Å². The lowest BCUT2D eigenvalue weighted by Gasteiger charge is -2.32. The molecule has 2 N–H and O–H groups in total. The van der Waals surface area contributed by atoms with E-state index < -0.39 is 5.97 Å². The molecule has 2 atom stereocenters. The first-order chi connectivity index (χ1) is 13.6. The molecule has 2 fully saturated rings. The molecule has 1 aliphatic heterocycles. The summed E-state index contributed by atoms with van der Waals surface area (Å²) in [5.74, 6) is -0.135. The van der Waals surface area contributed by atoms with Crippen molar-refractivity contribution in [3.63, 3.8) is 0 Å². The lowest BCUT2D eigenvalue weighted by molar-refractivity contribution is 0.0696. The third-order valence-corrected chi connectivity index (χ3v) is 6.82. The number of hydrogen-bond acceptors (Lipinski definition) is 3. The summed E-state index contributed by atoms with van der Waals surface area (Å²) in [6.07, 6.45) is 4.87. The van der Waals surface area contributed by atoms with Gasteiger partial charge in [-0.1, -0.05) is 36.4 Å². The second-order valence-electron chi connectivity index (χ2n) is 8.99. The molecule has 1 unspecified atom stereocenters. The molecule has 2 saturated carbocycles. The van der Waals surface area contributed by atoms with E-state index in [0.29, 0.717) is 22.9 Å². The lowest BCUT2D eigenvalue weighted by Crippen LogP contribution is -2.39. The van der Waals surface area contributed by atoms with E-state index in [0.717, 1.165) is 32.6 Å². The van der Waals surface area contributed by atoms with Crippen molar-refractivity contribution in [3.8, 4) is 0 Å². The van der Waals surface area contributed by atoms with E-state index in [4.69, 9.17) is 0 Å². The van der Waals surface area contributed by atoms with Crippen LogP contribution in [0.4, 0.5) is 0 Å². The van der Waals surface area contributed by atoms with E-state index in [1.54, 1.807) is 6.07 Å². The molecule has 4 heteroatoms. The number of aromatic carboxylic acids is 1. The maximum Gasteiger partial charge on any atom is 0.335 e. The van der Waals surface area contributed by atoms with Gasteiger partial charge in [0.1, 0.15) is 0 Å². The van der Waals surface area contributed by atoms with Crippen LogP contribution < -0.4 is 5.32 Å². The summed E-state index contributed by atoms with van der Waals surface area (Å²) in [6, 6.07) is 17.1. The Hall–Kier alpha value is -2.17. The molecule has 4 nitrogen and oxygen atoms in total. The number of benzene rings is 2. The van der Waals surface area contributed by atoms with Crippen LogP contribution in [0.1, 0.15) is 52.2 Å². The van der Waals surface area contributed by atoms with Crippen molar-refractivity contribution >= 4 is 5.97 Å². The normalized spacial score (nSPS) is 25.1. The Kier molecular flexibility index (Phi) is 4.48. The van der Waals surface area contributed by atoms with E-state index in [1.165, 1.54) is 36.0 Å². The van der Waals surface area contributed by atoms with Crippen molar-refractivity contribution in [1.82, 2.24) is 10.2 Å². The molecule has 5 rings (SSSR count). The van der Waals surface area contributed by atoms with Crippen LogP contribution in [-0.4, -0.2) is 41.7 Å². The van der Waals surface area contributed by atoms with Gasteiger partial charge >= 0.3 is 5.97 Å². The Morgan fingerprint density at radius 3 is 2.71 bits per heavy atom. The second-order valence-corrected chi connectivity index (χ2v) is 8.99. The zero-order chi connectivity index (χ0) is 19.1. The molecule has 0 bridgehead atoms. The number of carbonyl (C=O) groups is 1. The van der Waals surface area contributed by atoms with E-state index in [2.05, 4.69) is 40.5 Å². The number of fused-ring (bicyclic) bond motifs is 1. The summed E-state index contributed by atoms with van der Waals surface area (Å²) in [4.78, 5) is 13.7. The standard InChI is InChI=1S/C24H28N2O2/c27-23(28)19-6-7-20-14-26(11-8-18(20)12-19)16-24(9-10-24)15-25-22-13-21(22)17-4-2-1-3-5-17/h1-7,12,21-22,25H,8-11,13-16H2,(H,27,28)/t21?,22-/m0/s1. The molecule has 2 aromatic rings. The first kappa shape index (κ1) is 17.9. The number of carboxylic acids is 1. The summed E-state index contributed by atoms with van der Waals surface area (Å²) in [6.45, 7) is 4.27. The van der Waals surface area contributed by atoms with Crippen molar-refractivity contribution in [2.24, 2.45) is 5.41 Å². The van der Waals surface area contributed by atoms with Crippen molar-refractivity contribution in [3.05, 3.63) is 70.8 Å². The fourth-order valence-corrected chi connectivity index (χ4v) is 4.76. The first-order valence-corrected chi connectivity index (χ1v) is 10.5. The van der Waals surface area contributed by atoms with Crippen LogP contribution in [0.3, 0.4) is 0 Å². The van der Waals surface area contributed by atoms with Gasteiger partial charge in [-0.25, -0.2) is 4.79 Å². The van der Waals surface area contributed by atoms with Crippen LogP contribution in [0.15, 0.2) is 48.5 Å². The van der Waals surface area contributed by atoms with Gasteiger partial charge in [-0.3, -0.25) is 4.90 Å². The topological polar surface area (TPSA) is 52.6 Å². The molecular formula is C24H28N2O2. The minimum absolute atomic E-state index is 0.410. The monoisotopic (exact) mass is 376 g/mol. The third kappa shape index (κ3) is 3.71. The number of carboxylic acid groups (broad SMARTS) is 1. The third-order valence-electron chi connectivity index (χ3n) is 6.82. The van der Waals surface area contributed by atoms with Crippen LogP contribution in [0, 0.1) is 5.41 Å². The van der Waals surface area contributed by atoms with E-state index in [-0.39, 0.29) is 0 Å². The fraction of sp³-hybridized carbons (Fsp3) is 0.458. The molecule has 146 valence electrons.